The molecule has 2 nitrogen and oxygen atoms in total. The Kier molecular flexibility index (Phi) is 5.38. The fourth-order valence-corrected chi connectivity index (χ4v) is 1.92. The zero-order valence-electron chi connectivity index (χ0n) is 8.50. The lowest BCUT2D eigenvalue weighted by Crippen LogP contribution is -1.89. The summed E-state index contributed by atoms with van der Waals surface area (Å²) in [6, 6.07) is 5.79. The highest BCUT2D eigenvalue weighted by Gasteiger charge is 2.01. The summed E-state index contributed by atoms with van der Waals surface area (Å²) in [6.07, 6.45) is 1.93. The van der Waals surface area contributed by atoms with Gasteiger partial charge in [0.15, 0.2) is 0 Å². The lowest BCUT2D eigenvalue weighted by Gasteiger charge is -2.05. The molecule has 0 radical (unpaired) electrons. The van der Waals surface area contributed by atoms with Gasteiger partial charge in [0.1, 0.15) is 11.2 Å². The van der Waals surface area contributed by atoms with E-state index in [9.17, 15) is 0 Å². The van der Waals surface area contributed by atoms with Crippen LogP contribution in [0.1, 0.15) is 12.0 Å². The summed E-state index contributed by atoms with van der Waals surface area (Å²) in [5.41, 5.74) is 1.18. The Labute approximate surface area is 99.2 Å². The highest BCUT2D eigenvalue weighted by Crippen LogP contribution is 2.25. The van der Waals surface area contributed by atoms with Gasteiger partial charge in [0.25, 0.3) is 0 Å². The Hall–Kier alpha value is -0.850. The molecule has 0 aliphatic rings. The zero-order valence-corrected chi connectivity index (χ0v) is 10.1. The van der Waals surface area contributed by atoms with Crippen LogP contribution in [0, 0.1) is 10.7 Å². The second kappa shape index (κ2) is 6.60. The number of halogens is 1. The molecule has 0 fully saturated rings. The molecular formula is C11H12ClNOS. The van der Waals surface area contributed by atoms with Gasteiger partial charge in [0.2, 0.25) is 0 Å². The van der Waals surface area contributed by atoms with E-state index in [1.165, 1.54) is 17.3 Å². The molecular weight excluding hydrogens is 230 g/mol. The number of benzene rings is 1. The number of hydrogen-bond donors (Lipinski definition) is 0. The van der Waals surface area contributed by atoms with Gasteiger partial charge in [0, 0.05) is 5.75 Å². The van der Waals surface area contributed by atoms with Crippen molar-refractivity contribution in [3.8, 4) is 11.2 Å². The van der Waals surface area contributed by atoms with Crippen molar-refractivity contribution in [3.63, 3.8) is 0 Å². The first kappa shape index (κ1) is 12.2. The van der Waals surface area contributed by atoms with Crippen LogP contribution in [0.3, 0.4) is 0 Å². The van der Waals surface area contributed by atoms with Gasteiger partial charge < -0.3 is 4.74 Å². The minimum absolute atomic E-state index is 0.642. The van der Waals surface area contributed by atoms with Crippen LogP contribution in [-0.2, 0) is 6.42 Å². The molecule has 15 heavy (non-hydrogen) atoms. The Balaban J connectivity index is 2.49. The van der Waals surface area contributed by atoms with Gasteiger partial charge in [-0.05, 0) is 42.3 Å². The summed E-state index contributed by atoms with van der Waals surface area (Å²) in [5.74, 6) is 1.56. The van der Waals surface area contributed by atoms with Crippen LogP contribution < -0.4 is 4.74 Å². The van der Waals surface area contributed by atoms with Crippen LogP contribution in [0.4, 0.5) is 0 Å². The van der Waals surface area contributed by atoms with E-state index in [-0.39, 0.29) is 0 Å². The van der Waals surface area contributed by atoms with Crippen LogP contribution in [-0.4, -0.2) is 12.9 Å². The fraction of sp³-hybridized carbons (Fsp3) is 0.364. The van der Waals surface area contributed by atoms with E-state index in [2.05, 4.69) is 5.40 Å². The van der Waals surface area contributed by atoms with E-state index in [1.807, 2.05) is 18.2 Å². The molecule has 0 unspecified atom stereocenters. The summed E-state index contributed by atoms with van der Waals surface area (Å²) in [5, 5.41) is 11.0. The Morgan fingerprint density at radius 1 is 1.53 bits per heavy atom. The molecule has 1 aromatic carbocycles. The Bertz CT molecular complexity index is 362. The van der Waals surface area contributed by atoms with Crippen molar-refractivity contribution in [2.75, 3.05) is 12.9 Å². The van der Waals surface area contributed by atoms with Crippen molar-refractivity contribution >= 4 is 23.4 Å². The van der Waals surface area contributed by atoms with Gasteiger partial charge in [-0.2, -0.15) is 5.26 Å². The fourth-order valence-electron chi connectivity index (χ4n) is 1.26. The number of nitrogens with zero attached hydrogens (tertiary/aromatic N) is 1. The van der Waals surface area contributed by atoms with Crippen molar-refractivity contribution in [1.29, 1.82) is 5.26 Å². The summed E-state index contributed by atoms with van der Waals surface area (Å²) < 4.78 is 5.06. The molecule has 0 amide bonds. The topological polar surface area (TPSA) is 33.0 Å². The minimum atomic E-state index is 0.642. The predicted molar refractivity (Wildman–Crippen MR) is 64.4 cm³/mol. The molecule has 80 valence electrons. The van der Waals surface area contributed by atoms with Crippen LogP contribution in [0.2, 0.25) is 5.02 Å². The number of aryl methyl sites for hydroxylation is 1. The number of thioether (sulfide) groups is 1. The normalized spacial score (nSPS) is 9.67. The highest BCUT2D eigenvalue weighted by atomic mass is 35.5. The lowest BCUT2D eigenvalue weighted by atomic mass is 10.1. The largest absolute Gasteiger partial charge is 0.495 e. The first-order valence-corrected chi connectivity index (χ1v) is 5.97. The minimum Gasteiger partial charge on any atom is -0.495 e. The van der Waals surface area contributed by atoms with Crippen molar-refractivity contribution < 1.29 is 4.74 Å². The third-order valence-electron chi connectivity index (χ3n) is 1.99. The number of thiocyanates is 1. The molecule has 4 heteroatoms. The van der Waals surface area contributed by atoms with Crippen LogP contribution in [0.5, 0.6) is 5.75 Å². The first-order chi connectivity index (χ1) is 7.27. The maximum Gasteiger partial charge on any atom is 0.137 e. The first-order valence-electron chi connectivity index (χ1n) is 4.61. The Morgan fingerprint density at radius 3 is 2.93 bits per heavy atom. The van der Waals surface area contributed by atoms with E-state index >= 15 is 0 Å². The standard InChI is InChI=1S/C11H12ClNOS/c1-14-11-5-4-9(7-10(11)12)3-2-6-15-8-13/h4-5,7H,2-3,6H2,1H3. The molecule has 0 heterocycles. The van der Waals surface area contributed by atoms with Gasteiger partial charge >= 0.3 is 0 Å². The average Bonchev–Trinajstić information content (AvgIpc) is 2.25. The summed E-state index contributed by atoms with van der Waals surface area (Å²) in [4.78, 5) is 0. The second-order valence-electron chi connectivity index (χ2n) is 3.01. The maximum atomic E-state index is 8.35. The molecule has 1 aromatic rings. The number of methoxy groups -OCH3 is 1. The zero-order chi connectivity index (χ0) is 11.1. The van der Waals surface area contributed by atoms with Crippen molar-refractivity contribution in [3.05, 3.63) is 28.8 Å². The molecule has 0 bridgehead atoms. The van der Waals surface area contributed by atoms with Gasteiger partial charge in [-0.15, -0.1) is 0 Å². The van der Waals surface area contributed by atoms with E-state index in [4.69, 9.17) is 21.6 Å². The third kappa shape index (κ3) is 4.03. The lowest BCUT2D eigenvalue weighted by molar-refractivity contribution is 0.415. The second-order valence-corrected chi connectivity index (χ2v) is 4.30. The SMILES string of the molecule is COc1ccc(CCCSC#N)cc1Cl. The molecule has 0 aliphatic heterocycles. The van der Waals surface area contributed by atoms with Crippen LogP contribution in [0.15, 0.2) is 18.2 Å². The molecule has 0 aromatic heterocycles. The monoisotopic (exact) mass is 241 g/mol. The number of ether oxygens (including phenoxy) is 1. The quantitative estimate of drug-likeness (QED) is 0.584. The molecule has 0 atom stereocenters. The average molecular weight is 242 g/mol. The van der Waals surface area contributed by atoms with Gasteiger partial charge in [-0.3, -0.25) is 0 Å². The number of nitriles is 1. The van der Waals surface area contributed by atoms with Gasteiger partial charge in [-0.1, -0.05) is 17.7 Å². The van der Waals surface area contributed by atoms with Crippen molar-refractivity contribution in [2.45, 2.75) is 12.8 Å². The molecule has 0 saturated carbocycles. The predicted octanol–water partition coefficient (Wildman–Crippen LogP) is 3.50. The molecule has 0 saturated heterocycles. The number of hydrogen-bond acceptors (Lipinski definition) is 3. The van der Waals surface area contributed by atoms with E-state index < -0.39 is 0 Å². The molecule has 1 rings (SSSR count). The summed E-state index contributed by atoms with van der Waals surface area (Å²) in [6.45, 7) is 0. The molecule has 0 spiro atoms. The van der Waals surface area contributed by atoms with Crippen LogP contribution >= 0.6 is 23.4 Å². The summed E-state index contributed by atoms with van der Waals surface area (Å²) >= 11 is 7.27. The number of rotatable bonds is 5. The highest BCUT2D eigenvalue weighted by molar-refractivity contribution is 8.03. The molecule has 0 aliphatic carbocycles. The Morgan fingerprint density at radius 2 is 2.33 bits per heavy atom. The molecule has 0 N–H and O–H groups in total. The third-order valence-corrected chi connectivity index (χ3v) is 2.91. The van der Waals surface area contributed by atoms with Gasteiger partial charge in [0.05, 0.1) is 12.1 Å². The van der Waals surface area contributed by atoms with Crippen molar-refractivity contribution in [1.82, 2.24) is 0 Å². The summed E-state index contributed by atoms with van der Waals surface area (Å²) in [7, 11) is 1.60. The van der Waals surface area contributed by atoms with Gasteiger partial charge in [-0.25, -0.2) is 0 Å². The van der Waals surface area contributed by atoms with Crippen molar-refractivity contribution in [2.24, 2.45) is 0 Å². The smallest absolute Gasteiger partial charge is 0.137 e. The van der Waals surface area contributed by atoms with E-state index in [1.54, 1.807) is 7.11 Å². The van der Waals surface area contributed by atoms with Crippen LogP contribution in [0.25, 0.3) is 0 Å². The van der Waals surface area contributed by atoms with E-state index in [0.29, 0.717) is 10.8 Å². The van der Waals surface area contributed by atoms with E-state index in [0.717, 1.165) is 18.6 Å². The maximum absolute atomic E-state index is 8.35.